The molecule has 3 saturated carbocycles. The maximum atomic E-state index is 14.7. The number of allylic oxidation sites excluding steroid dienone is 2. The van der Waals surface area contributed by atoms with Crippen LogP contribution in [-0.4, -0.2) is 30.6 Å². The minimum Gasteiger partial charge on any atom is -0.469 e. The monoisotopic (exact) mass is 496 g/mol. The maximum absolute atomic E-state index is 14.7. The molecule has 198 valence electrons. The van der Waals surface area contributed by atoms with Crippen LogP contribution in [-0.2, 0) is 24.1 Å². The molecule has 10 atom stereocenters. The molecule has 4 fully saturated rings. The van der Waals surface area contributed by atoms with Crippen molar-refractivity contribution in [2.24, 2.45) is 50.7 Å². The van der Waals surface area contributed by atoms with Gasteiger partial charge in [-0.25, -0.2) is 9.78 Å². The molecule has 6 rings (SSSR count). The number of ether oxygens (including phenoxy) is 1. The van der Waals surface area contributed by atoms with Crippen LogP contribution >= 0.6 is 0 Å². The zero-order valence-corrected chi connectivity index (χ0v) is 23.4. The number of rotatable bonds is 1. The molecule has 0 radical (unpaired) electrons. The smallest absolute Gasteiger partial charge is 0.312 e. The SMILES string of the molecule is COC(=O)[C@]12CC[C@@H](C)[C@H](C)[C@H]1C1=CC(=O)[C@@]34OO[C@H]5C=CC(C)(C)[C@H](CC[C@@]3(C)[C@]1(C)CC2)[C@]54C. The van der Waals surface area contributed by atoms with Crippen molar-refractivity contribution in [3.05, 3.63) is 23.8 Å². The molecular formula is C31H44O5. The van der Waals surface area contributed by atoms with Crippen LogP contribution in [0.2, 0.25) is 0 Å². The van der Waals surface area contributed by atoms with Gasteiger partial charge in [0.15, 0.2) is 11.4 Å². The summed E-state index contributed by atoms with van der Waals surface area (Å²) in [4.78, 5) is 40.6. The van der Waals surface area contributed by atoms with Gasteiger partial charge < -0.3 is 4.74 Å². The van der Waals surface area contributed by atoms with Crippen molar-refractivity contribution in [1.29, 1.82) is 0 Å². The second kappa shape index (κ2) is 7.14. The van der Waals surface area contributed by atoms with Crippen molar-refractivity contribution < 1.29 is 24.1 Å². The van der Waals surface area contributed by atoms with Gasteiger partial charge in [-0.3, -0.25) is 9.59 Å². The topological polar surface area (TPSA) is 61.8 Å². The van der Waals surface area contributed by atoms with E-state index in [1.165, 1.54) is 12.7 Å². The molecule has 6 aliphatic rings. The first-order chi connectivity index (χ1) is 16.8. The lowest BCUT2D eigenvalue weighted by Gasteiger charge is -2.71. The van der Waals surface area contributed by atoms with E-state index in [1.54, 1.807) is 0 Å². The predicted molar refractivity (Wildman–Crippen MR) is 136 cm³/mol. The summed E-state index contributed by atoms with van der Waals surface area (Å²) in [6.07, 6.45) is 11.5. The second-order valence-corrected chi connectivity index (χ2v) is 14.5. The summed E-state index contributed by atoms with van der Waals surface area (Å²) in [5.74, 6) is 1.03. The van der Waals surface area contributed by atoms with Crippen molar-refractivity contribution >= 4 is 11.8 Å². The van der Waals surface area contributed by atoms with Crippen molar-refractivity contribution in [3.63, 3.8) is 0 Å². The third-order valence-electron chi connectivity index (χ3n) is 13.2. The molecule has 1 saturated heterocycles. The molecule has 0 bridgehead atoms. The number of methoxy groups -OCH3 is 1. The molecule has 1 heterocycles. The van der Waals surface area contributed by atoms with Crippen LogP contribution in [0.25, 0.3) is 0 Å². The number of fused-ring (bicyclic) bond motifs is 4. The fourth-order valence-electron chi connectivity index (χ4n) is 10.8. The summed E-state index contributed by atoms with van der Waals surface area (Å²) in [6.45, 7) is 16.1. The Morgan fingerprint density at radius 1 is 1.03 bits per heavy atom. The largest absolute Gasteiger partial charge is 0.469 e. The third kappa shape index (κ3) is 2.38. The molecule has 5 nitrogen and oxygen atoms in total. The Morgan fingerprint density at radius 3 is 2.44 bits per heavy atom. The highest BCUT2D eigenvalue weighted by Gasteiger charge is 2.82. The van der Waals surface area contributed by atoms with Gasteiger partial charge in [0.1, 0.15) is 6.10 Å². The Morgan fingerprint density at radius 2 is 1.75 bits per heavy atom. The molecule has 1 spiro atoms. The Kier molecular flexibility index (Phi) is 4.93. The van der Waals surface area contributed by atoms with Crippen molar-refractivity contribution in [2.75, 3.05) is 7.11 Å². The van der Waals surface area contributed by atoms with Gasteiger partial charge in [-0.05, 0) is 79.1 Å². The van der Waals surface area contributed by atoms with Gasteiger partial charge in [-0.15, -0.1) is 0 Å². The highest BCUT2D eigenvalue weighted by molar-refractivity contribution is 6.02. The molecule has 0 aromatic rings. The summed E-state index contributed by atoms with van der Waals surface area (Å²) in [7, 11) is 1.52. The third-order valence-corrected chi connectivity index (χ3v) is 13.2. The highest BCUT2D eigenvalue weighted by Crippen LogP contribution is 2.78. The predicted octanol–water partition coefficient (Wildman–Crippen LogP) is 6.23. The van der Waals surface area contributed by atoms with Crippen LogP contribution in [0.1, 0.15) is 87.0 Å². The van der Waals surface area contributed by atoms with E-state index in [1.807, 2.05) is 6.08 Å². The van der Waals surface area contributed by atoms with Crippen molar-refractivity contribution in [1.82, 2.24) is 0 Å². The second-order valence-electron chi connectivity index (χ2n) is 14.5. The Bertz CT molecular complexity index is 1090. The maximum Gasteiger partial charge on any atom is 0.312 e. The minimum atomic E-state index is -1.04. The number of ketones is 1. The van der Waals surface area contributed by atoms with Crippen LogP contribution in [0.4, 0.5) is 0 Å². The molecule has 0 unspecified atom stereocenters. The van der Waals surface area contributed by atoms with E-state index in [4.69, 9.17) is 14.5 Å². The highest BCUT2D eigenvalue weighted by atomic mass is 17.2. The molecule has 0 amide bonds. The minimum absolute atomic E-state index is 0.0110. The van der Waals surface area contributed by atoms with Gasteiger partial charge in [0.2, 0.25) is 0 Å². The van der Waals surface area contributed by atoms with Crippen LogP contribution in [0.3, 0.4) is 0 Å². The van der Waals surface area contributed by atoms with Crippen LogP contribution in [0, 0.1) is 50.7 Å². The van der Waals surface area contributed by atoms with E-state index in [0.29, 0.717) is 11.8 Å². The normalized spacial score (nSPS) is 54.5. The standard InChI is InChI=1S/C31H44O5/c1-18-9-14-30(25(33)34-8)16-15-27(5)20(24(30)19(18)2)17-22(32)31-28(27,6)13-10-21-26(3,4)12-11-23(35-36-31)29(21,31)7/h11-12,17-19,21,23-24H,9-10,13-16H2,1-8H3/t18-,19+,21+,23+,24+,27-,28+,29-,30+,31-/m1/s1. The lowest BCUT2D eigenvalue weighted by molar-refractivity contribution is -0.350. The Labute approximate surface area is 216 Å². The van der Waals surface area contributed by atoms with E-state index in [2.05, 4.69) is 60.6 Å². The zero-order valence-electron chi connectivity index (χ0n) is 23.4. The molecule has 5 heteroatoms. The van der Waals surface area contributed by atoms with Crippen molar-refractivity contribution in [2.45, 2.75) is 98.7 Å². The van der Waals surface area contributed by atoms with E-state index in [0.717, 1.165) is 38.5 Å². The van der Waals surface area contributed by atoms with E-state index < -0.39 is 21.8 Å². The molecule has 5 aliphatic carbocycles. The number of hydrogen-bond donors (Lipinski definition) is 0. The Balaban J connectivity index is 1.58. The van der Waals surface area contributed by atoms with Gasteiger partial charge in [0.25, 0.3) is 0 Å². The first-order valence-electron chi connectivity index (χ1n) is 14.2. The fourth-order valence-corrected chi connectivity index (χ4v) is 10.8. The number of carbonyl (C=O) groups is 2. The zero-order chi connectivity index (χ0) is 26.1. The molecule has 36 heavy (non-hydrogen) atoms. The summed E-state index contributed by atoms with van der Waals surface area (Å²) >= 11 is 0. The average Bonchev–Trinajstić information content (AvgIpc) is 3.14. The fraction of sp³-hybridized carbons (Fsp3) is 0.806. The summed E-state index contributed by atoms with van der Waals surface area (Å²) in [6, 6.07) is 0. The molecule has 0 N–H and O–H groups in total. The van der Waals surface area contributed by atoms with Gasteiger partial charge in [-0.1, -0.05) is 66.2 Å². The number of hydrogen-bond acceptors (Lipinski definition) is 5. The molecular weight excluding hydrogens is 452 g/mol. The van der Waals surface area contributed by atoms with Gasteiger partial charge in [-0.2, -0.15) is 0 Å². The molecule has 0 aromatic carbocycles. The lowest BCUT2D eigenvalue weighted by Crippen LogP contribution is -2.76. The van der Waals surface area contributed by atoms with E-state index in [9.17, 15) is 9.59 Å². The van der Waals surface area contributed by atoms with Crippen LogP contribution in [0.15, 0.2) is 23.8 Å². The van der Waals surface area contributed by atoms with E-state index >= 15 is 0 Å². The van der Waals surface area contributed by atoms with Gasteiger partial charge in [0, 0.05) is 10.8 Å². The average molecular weight is 497 g/mol. The number of esters is 1. The summed E-state index contributed by atoms with van der Waals surface area (Å²) < 4.78 is 5.46. The lowest BCUT2D eigenvalue weighted by atomic mass is 9.32. The number of carbonyl (C=O) groups excluding carboxylic acids is 2. The first-order valence-corrected chi connectivity index (χ1v) is 14.2. The Hall–Kier alpha value is -1.46. The first kappa shape index (κ1) is 24.9. The molecule has 1 aliphatic heterocycles. The van der Waals surface area contributed by atoms with Crippen LogP contribution < -0.4 is 0 Å². The summed E-state index contributed by atoms with van der Waals surface area (Å²) in [5, 5.41) is 0. The van der Waals surface area contributed by atoms with Crippen molar-refractivity contribution in [3.8, 4) is 0 Å². The summed E-state index contributed by atoms with van der Waals surface area (Å²) in [5.41, 5.74) is -1.61. The quantitative estimate of drug-likeness (QED) is 0.245. The van der Waals surface area contributed by atoms with E-state index in [-0.39, 0.29) is 40.5 Å². The van der Waals surface area contributed by atoms with Gasteiger partial charge >= 0.3 is 5.97 Å². The van der Waals surface area contributed by atoms with Gasteiger partial charge in [0.05, 0.1) is 12.5 Å². The molecule has 0 aromatic heterocycles. The van der Waals surface area contributed by atoms with Crippen LogP contribution in [0.5, 0.6) is 0 Å².